The van der Waals surface area contributed by atoms with Crippen LogP contribution in [-0.4, -0.2) is 9.78 Å². The molecule has 0 saturated carbocycles. The molecular weight excluding hydrogens is 592 g/mol. The summed E-state index contributed by atoms with van der Waals surface area (Å²) in [5, 5.41) is 4.84. The minimum Gasteiger partial charge on any atom is -0.259 e. The number of fused-ring (bicyclic) bond motifs is 1. The molecule has 4 aromatic carbocycles. The summed E-state index contributed by atoms with van der Waals surface area (Å²) < 4.78 is 97.1. The fraction of sp³-hybridized carbons (Fsp3) is 0.167. The summed E-state index contributed by atoms with van der Waals surface area (Å²) in [5.74, 6) is -0.634. The second-order valence-electron chi connectivity index (χ2n) is 9.45. The van der Waals surface area contributed by atoms with Crippen molar-refractivity contribution >= 4 is 34.1 Å². The molecule has 0 amide bonds. The van der Waals surface area contributed by atoms with E-state index in [4.69, 9.17) is 23.2 Å². The highest BCUT2D eigenvalue weighted by molar-refractivity contribution is 6.31. The van der Waals surface area contributed by atoms with Gasteiger partial charge in [-0.15, -0.1) is 0 Å². The van der Waals surface area contributed by atoms with Crippen LogP contribution in [0.2, 0.25) is 10.0 Å². The van der Waals surface area contributed by atoms with E-state index in [1.807, 2.05) is 0 Å². The van der Waals surface area contributed by atoms with Gasteiger partial charge in [0, 0.05) is 26.6 Å². The number of aromatic nitrogens is 2. The van der Waals surface area contributed by atoms with Crippen LogP contribution >= 0.6 is 23.2 Å². The molecule has 2 nitrogen and oxygen atoms in total. The summed E-state index contributed by atoms with van der Waals surface area (Å²) in [6.07, 6.45) is -8.69. The molecule has 0 atom stereocenters. The number of halogens is 9. The lowest BCUT2D eigenvalue weighted by Gasteiger charge is -2.12. The van der Waals surface area contributed by atoms with Gasteiger partial charge in [-0.2, -0.15) is 31.4 Å². The predicted molar refractivity (Wildman–Crippen MR) is 145 cm³/mol. The molecule has 0 saturated heterocycles. The van der Waals surface area contributed by atoms with Crippen molar-refractivity contribution in [3.63, 3.8) is 0 Å². The highest BCUT2D eigenvalue weighted by atomic mass is 35.5. The van der Waals surface area contributed by atoms with E-state index in [0.717, 1.165) is 24.3 Å². The summed E-state index contributed by atoms with van der Waals surface area (Å²) in [6.45, 7) is -0.172. The van der Waals surface area contributed by atoms with Crippen LogP contribution in [0.25, 0.3) is 22.2 Å². The average molecular weight is 611 g/mol. The van der Waals surface area contributed by atoms with Gasteiger partial charge in [0.05, 0.1) is 23.4 Å². The number of hydrogen-bond donors (Lipinski definition) is 0. The van der Waals surface area contributed by atoms with Gasteiger partial charge in [0.25, 0.3) is 0 Å². The van der Waals surface area contributed by atoms with Crippen LogP contribution in [0.15, 0.2) is 78.9 Å². The molecule has 1 aromatic heterocycles. The molecule has 41 heavy (non-hydrogen) atoms. The third kappa shape index (κ3) is 6.21. The molecular formula is C30H19Cl2F7N2. The van der Waals surface area contributed by atoms with E-state index >= 15 is 0 Å². The van der Waals surface area contributed by atoms with Crippen molar-refractivity contribution in [3.05, 3.63) is 123 Å². The molecule has 0 aliphatic rings. The van der Waals surface area contributed by atoms with Crippen molar-refractivity contribution < 1.29 is 30.7 Å². The Hall–Kier alpha value is -3.56. The van der Waals surface area contributed by atoms with Crippen LogP contribution in [-0.2, 0) is 31.7 Å². The van der Waals surface area contributed by atoms with Crippen LogP contribution in [0.1, 0.15) is 27.8 Å². The lowest BCUT2D eigenvalue weighted by molar-refractivity contribution is -0.138. The molecule has 11 heteroatoms. The largest absolute Gasteiger partial charge is 0.418 e. The third-order valence-electron chi connectivity index (χ3n) is 6.67. The quantitative estimate of drug-likeness (QED) is 0.175. The normalized spacial score (nSPS) is 12.3. The highest BCUT2D eigenvalue weighted by Crippen LogP contribution is 2.39. The van der Waals surface area contributed by atoms with Crippen LogP contribution in [0.4, 0.5) is 30.7 Å². The fourth-order valence-electron chi connectivity index (χ4n) is 4.71. The second kappa shape index (κ2) is 11.0. The van der Waals surface area contributed by atoms with Crippen molar-refractivity contribution in [3.8, 4) is 11.3 Å². The van der Waals surface area contributed by atoms with Gasteiger partial charge in [0.2, 0.25) is 0 Å². The number of aryl methyl sites for hydroxylation is 2. The lowest BCUT2D eigenvalue weighted by Crippen LogP contribution is -2.07. The van der Waals surface area contributed by atoms with Crippen LogP contribution in [0.3, 0.4) is 0 Å². The number of alkyl halides is 6. The van der Waals surface area contributed by atoms with Crippen molar-refractivity contribution in [2.24, 2.45) is 0 Å². The summed E-state index contributed by atoms with van der Waals surface area (Å²) in [5.41, 5.74) is 0.0147. The van der Waals surface area contributed by atoms with Gasteiger partial charge in [-0.05, 0) is 66.4 Å². The summed E-state index contributed by atoms with van der Waals surface area (Å²) in [7, 11) is 0. The van der Waals surface area contributed by atoms with Crippen molar-refractivity contribution in [1.29, 1.82) is 0 Å². The Morgan fingerprint density at radius 3 is 2.20 bits per heavy atom. The minimum atomic E-state index is -4.67. The van der Waals surface area contributed by atoms with E-state index in [9.17, 15) is 30.7 Å². The highest BCUT2D eigenvalue weighted by Gasteiger charge is 2.35. The molecule has 0 aliphatic carbocycles. The Morgan fingerprint density at radius 1 is 0.732 bits per heavy atom. The van der Waals surface area contributed by atoms with Gasteiger partial charge >= 0.3 is 12.4 Å². The number of nitrogens with zero attached hydrogens (tertiary/aromatic N) is 2. The molecule has 0 aliphatic heterocycles. The predicted octanol–water partition coefficient (Wildman–Crippen LogP) is 10.0. The van der Waals surface area contributed by atoms with E-state index in [1.54, 1.807) is 24.3 Å². The first kappa shape index (κ1) is 29.0. The zero-order valence-corrected chi connectivity index (χ0v) is 22.4. The van der Waals surface area contributed by atoms with E-state index in [2.05, 4.69) is 5.10 Å². The maximum absolute atomic E-state index is 14.7. The summed E-state index contributed by atoms with van der Waals surface area (Å²) in [4.78, 5) is 0. The van der Waals surface area contributed by atoms with Crippen molar-refractivity contribution in [2.75, 3.05) is 0 Å². The Bertz CT molecular complexity index is 1740. The molecule has 0 unspecified atom stereocenters. The van der Waals surface area contributed by atoms with Gasteiger partial charge in [0.1, 0.15) is 11.3 Å². The zero-order chi connectivity index (χ0) is 29.5. The standard InChI is InChI=1S/C30H19Cl2F7N2/c31-22-11-9-20(26(33)15-22)16-41-28(23-5-2-6-24(27(23)40-41)30(37,38)39)19-4-1-3-17(13-19)7-8-18-14-21(29(34,35)36)10-12-25(18)32/h1-6,9-15H,7-8,16H2. The second-order valence-corrected chi connectivity index (χ2v) is 10.3. The van der Waals surface area contributed by atoms with E-state index in [-0.39, 0.29) is 39.5 Å². The summed E-state index contributed by atoms with van der Waals surface area (Å²) in [6, 6.07) is 17.7. The first-order chi connectivity index (χ1) is 19.3. The molecule has 0 radical (unpaired) electrons. The fourth-order valence-corrected chi connectivity index (χ4v) is 5.08. The van der Waals surface area contributed by atoms with Gasteiger partial charge in [-0.3, -0.25) is 4.68 Å². The zero-order valence-electron chi connectivity index (χ0n) is 20.9. The molecule has 1 heterocycles. The summed E-state index contributed by atoms with van der Waals surface area (Å²) >= 11 is 12.0. The minimum absolute atomic E-state index is 0.171. The SMILES string of the molecule is Fc1cc(Cl)ccc1Cn1nc2c(C(F)(F)F)cccc2c1-c1cccc(CCc2cc(C(F)(F)F)ccc2Cl)c1. The molecule has 0 spiro atoms. The first-order valence-corrected chi connectivity index (χ1v) is 13.0. The van der Waals surface area contributed by atoms with Crippen LogP contribution in [0.5, 0.6) is 0 Å². The van der Waals surface area contributed by atoms with Gasteiger partial charge in [0.15, 0.2) is 0 Å². The van der Waals surface area contributed by atoms with E-state index < -0.39 is 29.3 Å². The average Bonchev–Trinajstić information content (AvgIpc) is 3.26. The first-order valence-electron chi connectivity index (χ1n) is 12.3. The smallest absolute Gasteiger partial charge is 0.259 e. The Labute approximate surface area is 239 Å². The maximum Gasteiger partial charge on any atom is 0.418 e. The molecule has 0 N–H and O–H groups in total. The molecule has 5 aromatic rings. The Morgan fingerprint density at radius 2 is 1.49 bits per heavy atom. The molecule has 212 valence electrons. The number of rotatable bonds is 6. The molecule has 5 rings (SSSR count). The Balaban J connectivity index is 1.56. The van der Waals surface area contributed by atoms with E-state index in [1.165, 1.54) is 35.0 Å². The molecule has 0 bridgehead atoms. The lowest BCUT2D eigenvalue weighted by atomic mass is 9.98. The molecule has 0 fully saturated rings. The number of benzene rings is 4. The van der Waals surface area contributed by atoms with Crippen LogP contribution in [0, 0.1) is 5.82 Å². The maximum atomic E-state index is 14.7. The van der Waals surface area contributed by atoms with Crippen molar-refractivity contribution in [1.82, 2.24) is 9.78 Å². The van der Waals surface area contributed by atoms with Gasteiger partial charge in [-0.1, -0.05) is 59.6 Å². The van der Waals surface area contributed by atoms with Crippen molar-refractivity contribution in [2.45, 2.75) is 31.7 Å². The number of hydrogen-bond acceptors (Lipinski definition) is 1. The van der Waals surface area contributed by atoms with E-state index in [0.29, 0.717) is 28.8 Å². The Kier molecular flexibility index (Phi) is 7.78. The monoisotopic (exact) mass is 610 g/mol. The van der Waals surface area contributed by atoms with Crippen LogP contribution < -0.4 is 0 Å². The van der Waals surface area contributed by atoms with Gasteiger partial charge < -0.3 is 0 Å². The topological polar surface area (TPSA) is 17.8 Å². The van der Waals surface area contributed by atoms with Gasteiger partial charge in [-0.25, -0.2) is 4.39 Å². The third-order valence-corrected chi connectivity index (χ3v) is 7.27.